The topological polar surface area (TPSA) is 121 Å². The van der Waals surface area contributed by atoms with Crippen molar-refractivity contribution in [1.82, 2.24) is 5.32 Å². The molecule has 1 aliphatic heterocycles. The van der Waals surface area contributed by atoms with Crippen molar-refractivity contribution < 1.29 is 9.90 Å². The summed E-state index contributed by atoms with van der Waals surface area (Å²) < 4.78 is 0. The maximum atomic E-state index is 12.5. The summed E-state index contributed by atoms with van der Waals surface area (Å²) in [5.74, 6) is -2.12. The van der Waals surface area contributed by atoms with Crippen molar-refractivity contribution in [3.05, 3.63) is 35.9 Å². The first-order chi connectivity index (χ1) is 10.9. The van der Waals surface area contributed by atoms with E-state index >= 15 is 0 Å². The van der Waals surface area contributed by atoms with Gasteiger partial charge in [-0.05, 0) is 5.56 Å². The van der Waals surface area contributed by atoms with Gasteiger partial charge in [-0.15, -0.1) is 0 Å². The highest BCUT2D eigenvalue weighted by Gasteiger charge is 2.76. The normalized spacial score (nSPS) is 37.1. The number of carbonyl (C=O) groups is 1. The molecule has 0 radical (unpaired) electrons. The molecule has 1 saturated carbocycles. The molecule has 2 N–H and O–H groups in total. The molecule has 2 fully saturated rings. The van der Waals surface area contributed by atoms with Gasteiger partial charge in [0.05, 0.1) is 18.2 Å². The minimum absolute atomic E-state index is 0.263. The highest BCUT2D eigenvalue weighted by atomic mass is 16.3. The summed E-state index contributed by atoms with van der Waals surface area (Å²) in [4.78, 5) is 12.5. The maximum Gasteiger partial charge on any atom is 0.245 e. The van der Waals surface area contributed by atoms with Gasteiger partial charge >= 0.3 is 0 Å². The molecular weight excluding hydrogens is 292 g/mol. The van der Waals surface area contributed by atoms with Crippen molar-refractivity contribution >= 4 is 5.91 Å². The molecule has 1 aromatic rings. The van der Waals surface area contributed by atoms with Crippen molar-refractivity contribution in [2.75, 3.05) is 0 Å². The van der Waals surface area contributed by atoms with Crippen molar-refractivity contribution in [1.29, 1.82) is 15.8 Å². The Labute approximate surface area is 133 Å². The van der Waals surface area contributed by atoms with Crippen LogP contribution in [-0.4, -0.2) is 16.7 Å². The third kappa shape index (κ3) is 1.55. The zero-order valence-corrected chi connectivity index (χ0v) is 12.4. The van der Waals surface area contributed by atoms with Gasteiger partial charge in [-0.2, -0.15) is 15.8 Å². The molecule has 114 valence electrons. The van der Waals surface area contributed by atoms with E-state index in [1.54, 1.807) is 37.3 Å². The molecule has 1 heterocycles. The quantitative estimate of drug-likeness (QED) is 0.806. The van der Waals surface area contributed by atoms with E-state index in [9.17, 15) is 25.7 Å². The highest BCUT2D eigenvalue weighted by molar-refractivity contribution is 5.92. The smallest absolute Gasteiger partial charge is 0.245 e. The number of nitrogens with one attached hydrogen (secondary N) is 1. The second kappa shape index (κ2) is 4.56. The predicted molar refractivity (Wildman–Crippen MR) is 77.8 cm³/mol. The Kier molecular flexibility index (Phi) is 2.98. The molecule has 0 aromatic heterocycles. The van der Waals surface area contributed by atoms with Crippen LogP contribution in [0.1, 0.15) is 24.8 Å². The lowest BCUT2D eigenvalue weighted by Gasteiger charge is -2.48. The van der Waals surface area contributed by atoms with E-state index in [2.05, 4.69) is 5.32 Å². The number of benzene rings is 1. The Morgan fingerprint density at radius 3 is 2.30 bits per heavy atom. The van der Waals surface area contributed by atoms with Crippen LogP contribution in [0.15, 0.2) is 30.3 Å². The maximum absolute atomic E-state index is 12.5. The summed E-state index contributed by atoms with van der Waals surface area (Å²) in [5, 5.41) is 42.6. The molecule has 1 aromatic carbocycles. The Balaban J connectivity index is 2.35. The number of aliphatic hydroxyl groups is 1. The molecular formula is C17H14N4O2. The number of hydrogen-bond acceptors (Lipinski definition) is 5. The predicted octanol–water partition coefficient (Wildman–Crippen LogP) is 1.17. The largest absolute Gasteiger partial charge is 0.371 e. The van der Waals surface area contributed by atoms with E-state index < -0.39 is 34.3 Å². The van der Waals surface area contributed by atoms with Gasteiger partial charge in [0.15, 0.2) is 10.8 Å². The number of nitrogens with zero attached hydrogens (tertiary/aromatic N) is 3. The third-order valence-electron chi connectivity index (χ3n) is 5.35. The molecule has 1 amide bonds. The van der Waals surface area contributed by atoms with E-state index in [4.69, 9.17) is 0 Å². The van der Waals surface area contributed by atoms with Crippen molar-refractivity contribution in [2.45, 2.75) is 25.0 Å². The van der Waals surface area contributed by atoms with E-state index in [-0.39, 0.29) is 6.42 Å². The molecule has 0 spiro atoms. The van der Waals surface area contributed by atoms with E-state index in [1.807, 2.05) is 18.2 Å². The Morgan fingerprint density at radius 1 is 1.17 bits per heavy atom. The van der Waals surface area contributed by atoms with Crippen LogP contribution in [0.2, 0.25) is 0 Å². The number of rotatable bonds is 1. The van der Waals surface area contributed by atoms with Crippen LogP contribution in [0.5, 0.6) is 0 Å². The molecule has 3 rings (SSSR count). The van der Waals surface area contributed by atoms with Crippen LogP contribution in [0, 0.1) is 50.7 Å². The van der Waals surface area contributed by atoms with Crippen LogP contribution in [-0.2, 0) is 4.79 Å². The summed E-state index contributed by atoms with van der Waals surface area (Å²) in [5.41, 5.74) is -4.71. The van der Waals surface area contributed by atoms with Crippen LogP contribution < -0.4 is 5.32 Å². The fourth-order valence-corrected chi connectivity index (χ4v) is 4.07. The van der Waals surface area contributed by atoms with Gasteiger partial charge in [0.1, 0.15) is 5.72 Å². The van der Waals surface area contributed by atoms with Crippen LogP contribution >= 0.6 is 0 Å². The van der Waals surface area contributed by atoms with E-state index in [0.717, 1.165) is 0 Å². The molecule has 6 nitrogen and oxygen atoms in total. The van der Waals surface area contributed by atoms with Gasteiger partial charge in [-0.25, -0.2) is 0 Å². The number of fused-ring (bicyclic) bond motifs is 2. The number of carbonyl (C=O) groups excluding carboxylic acids is 1. The molecule has 1 aliphatic carbocycles. The van der Waals surface area contributed by atoms with Crippen LogP contribution in [0.3, 0.4) is 0 Å². The third-order valence-corrected chi connectivity index (χ3v) is 5.35. The monoisotopic (exact) mass is 306 g/mol. The summed E-state index contributed by atoms with van der Waals surface area (Å²) in [6, 6.07) is 14.6. The fourth-order valence-electron chi connectivity index (χ4n) is 4.07. The Hall–Kier alpha value is -2.88. The zero-order valence-electron chi connectivity index (χ0n) is 12.4. The second-order valence-corrected chi connectivity index (χ2v) is 6.28. The SMILES string of the molecule is C[C@H]1[C@@H](c2ccccc2)C(C#N)(C#N)[C@]2(C#N)C[C@]1(O)NC2=O. The van der Waals surface area contributed by atoms with E-state index in [0.29, 0.717) is 5.56 Å². The van der Waals surface area contributed by atoms with Gasteiger partial charge in [-0.1, -0.05) is 37.3 Å². The fraction of sp³-hybridized carbons (Fsp3) is 0.412. The summed E-state index contributed by atoms with van der Waals surface area (Å²) >= 11 is 0. The molecule has 2 aliphatic rings. The van der Waals surface area contributed by atoms with Crippen molar-refractivity contribution in [2.24, 2.45) is 16.7 Å². The lowest BCUT2D eigenvalue weighted by molar-refractivity contribution is -0.128. The van der Waals surface area contributed by atoms with Crippen molar-refractivity contribution in [3.8, 4) is 18.2 Å². The minimum atomic E-state index is -1.89. The molecule has 6 heteroatoms. The summed E-state index contributed by atoms with van der Waals surface area (Å²) in [6.45, 7) is 1.69. The second-order valence-electron chi connectivity index (χ2n) is 6.28. The number of nitriles is 3. The summed E-state index contributed by atoms with van der Waals surface area (Å²) in [7, 11) is 0. The Morgan fingerprint density at radius 2 is 1.78 bits per heavy atom. The lowest BCUT2D eigenvalue weighted by Crippen LogP contribution is -2.56. The van der Waals surface area contributed by atoms with Gasteiger partial charge in [-0.3, -0.25) is 4.79 Å². The van der Waals surface area contributed by atoms with Crippen LogP contribution in [0.4, 0.5) is 0 Å². The first kappa shape index (κ1) is 15.0. The Bertz CT molecular complexity index is 787. The van der Waals surface area contributed by atoms with Crippen LogP contribution in [0.25, 0.3) is 0 Å². The molecule has 23 heavy (non-hydrogen) atoms. The average Bonchev–Trinajstić information content (AvgIpc) is 2.82. The van der Waals surface area contributed by atoms with Gasteiger partial charge in [0.2, 0.25) is 5.91 Å². The number of amides is 1. The first-order valence-corrected chi connectivity index (χ1v) is 7.24. The van der Waals surface area contributed by atoms with E-state index in [1.165, 1.54) is 0 Å². The molecule has 2 bridgehead atoms. The highest BCUT2D eigenvalue weighted by Crippen LogP contribution is 2.64. The molecule has 0 unspecified atom stereocenters. The average molecular weight is 306 g/mol. The van der Waals surface area contributed by atoms with Gasteiger partial charge < -0.3 is 10.4 Å². The zero-order chi connectivity index (χ0) is 16.9. The van der Waals surface area contributed by atoms with Gasteiger partial charge in [0, 0.05) is 18.3 Å². The summed E-state index contributed by atoms with van der Waals surface area (Å²) in [6.07, 6.45) is -0.263. The lowest BCUT2D eigenvalue weighted by atomic mass is 9.49. The standard InChI is InChI=1S/C17H14N4O2/c1-11-13(12-5-3-2-4-6-12)16(9-19,10-20)15(8-18)7-17(11,23)21-14(15)22/h2-6,11,13,23H,7H2,1H3,(H,21,22)/t11-,13-,15-,17+/m0/s1. The van der Waals surface area contributed by atoms with Gasteiger partial charge in [0.25, 0.3) is 0 Å². The minimum Gasteiger partial charge on any atom is -0.371 e. The molecule has 4 atom stereocenters. The first-order valence-electron chi connectivity index (χ1n) is 7.24. The number of hydrogen-bond donors (Lipinski definition) is 2. The van der Waals surface area contributed by atoms with Crippen molar-refractivity contribution in [3.63, 3.8) is 0 Å². The molecule has 1 saturated heterocycles.